The second-order valence-corrected chi connectivity index (χ2v) is 4.55. The molecule has 0 amide bonds. The zero-order valence-corrected chi connectivity index (χ0v) is 11.5. The van der Waals surface area contributed by atoms with Crippen molar-refractivity contribution in [2.24, 2.45) is 0 Å². The number of nitrogens with zero attached hydrogens (tertiary/aromatic N) is 2. The average Bonchev–Trinajstić information content (AvgIpc) is 2.79. The predicted molar refractivity (Wildman–Crippen MR) is 70.4 cm³/mol. The van der Waals surface area contributed by atoms with E-state index in [2.05, 4.69) is 4.98 Å². The Hall–Kier alpha value is -1.20. The van der Waals surface area contributed by atoms with Gasteiger partial charge in [0.25, 0.3) is 0 Å². The van der Waals surface area contributed by atoms with E-state index in [4.69, 9.17) is 16.3 Å². The monoisotopic (exact) mass is 288 g/mol. The summed E-state index contributed by atoms with van der Waals surface area (Å²) in [7, 11) is 1.57. The minimum atomic E-state index is -0.893. The Morgan fingerprint density at radius 1 is 1.42 bits per heavy atom. The van der Waals surface area contributed by atoms with Crippen LogP contribution >= 0.6 is 11.6 Å². The van der Waals surface area contributed by atoms with Gasteiger partial charge >= 0.3 is 0 Å². The van der Waals surface area contributed by atoms with E-state index in [9.17, 15) is 8.78 Å². The van der Waals surface area contributed by atoms with Crippen LogP contribution in [0.3, 0.4) is 0 Å². The normalized spacial score (nSPS) is 13.1. The highest BCUT2D eigenvalue weighted by Gasteiger charge is 2.21. The van der Waals surface area contributed by atoms with E-state index in [1.807, 2.05) is 6.92 Å². The molecule has 0 saturated carbocycles. The van der Waals surface area contributed by atoms with E-state index < -0.39 is 11.6 Å². The Morgan fingerprint density at radius 3 is 2.74 bits per heavy atom. The number of hydrogen-bond acceptors (Lipinski definition) is 2. The number of methoxy groups -OCH3 is 1. The summed E-state index contributed by atoms with van der Waals surface area (Å²) in [5.41, 5.74) is 0.559. The number of benzene rings is 1. The van der Waals surface area contributed by atoms with Crippen molar-refractivity contribution in [1.29, 1.82) is 0 Å². The summed E-state index contributed by atoms with van der Waals surface area (Å²) < 4.78 is 34.2. The number of hydrogen-bond donors (Lipinski definition) is 0. The van der Waals surface area contributed by atoms with Crippen LogP contribution in [0.2, 0.25) is 0 Å². The van der Waals surface area contributed by atoms with Crippen LogP contribution in [-0.4, -0.2) is 23.3 Å². The van der Waals surface area contributed by atoms with Gasteiger partial charge in [-0.3, -0.25) is 0 Å². The second-order valence-electron chi connectivity index (χ2n) is 4.28. The summed E-state index contributed by atoms with van der Waals surface area (Å²) >= 11 is 5.86. The lowest BCUT2D eigenvalue weighted by atomic mass is 10.2. The van der Waals surface area contributed by atoms with Gasteiger partial charge in [-0.25, -0.2) is 13.8 Å². The van der Waals surface area contributed by atoms with Crippen molar-refractivity contribution in [1.82, 2.24) is 9.55 Å². The van der Waals surface area contributed by atoms with E-state index in [0.29, 0.717) is 24.4 Å². The molecule has 0 N–H and O–H groups in total. The molecule has 6 heteroatoms. The third kappa shape index (κ3) is 2.44. The van der Waals surface area contributed by atoms with Crippen LogP contribution in [0.15, 0.2) is 12.1 Å². The number of aromatic nitrogens is 2. The quantitative estimate of drug-likeness (QED) is 0.785. The van der Waals surface area contributed by atoms with Gasteiger partial charge in [0, 0.05) is 7.11 Å². The molecule has 0 bridgehead atoms. The highest BCUT2D eigenvalue weighted by atomic mass is 35.5. The Labute approximate surface area is 115 Å². The maximum absolute atomic E-state index is 14.0. The predicted octanol–water partition coefficient (Wildman–Crippen LogP) is 3.65. The lowest BCUT2D eigenvalue weighted by Gasteiger charge is -2.19. The second kappa shape index (κ2) is 5.84. The van der Waals surface area contributed by atoms with Gasteiger partial charge < -0.3 is 9.30 Å². The fourth-order valence-electron chi connectivity index (χ4n) is 2.23. The Morgan fingerprint density at radius 2 is 2.16 bits per heavy atom. The van der Waals surface area contributed by atoms with Crippen LogP contribution in [0.5, 0.6) is 0 Å². The fourth-order valence-corrected chi connectivity index (χ4v) is 2.41. The molecule has 2 aromatic rings. The van der Waals surface area contributed by atoms with Crippen molar-refractivity contribution in [3.05, 3.63) is 29.6 Å². The van der Waals surface area contributed by atoms with Gasteiger partial charge in [-0.05, 0) is 18.6 Å². The highest BCUT2D eigenvalue weighted by Crippen LogP contribution is 2.27. The number of rotatable bonds is 5. The maximum Gasteiger partial charge on any atom is 0.184 e. The average molecular weight is 289 g/mol. The van der Waals surface area contributed by atoms with Crippen LogP contribution in [0.25, 0.3) is 11.0 Å². The van der Waals surface area contributed by atoms with Gasteiger partial charge in [-0.2, -0.15) is 0 Å². The molecule has 0 aliphatic heterocycles. The molecule has 19 heavy (non-hydrogen) atoms. The van der Waals surface area contributed by atoms with Crippen molar-refractivity contribution in [3.8, 4) is 0 Å². The van der Waals surface area contributed by atoms with Crippen LogP contribution in [-0.2, 0) is 10.6 Å². The van der Waals surface area contributed by atoms with E-state index in [-0.39, 0.29) is 17.4 Å². The van der Waals surface area contributed by atoms with Crippen molar-refractivity contribution < 1.29 is 13.5 Å². The number of imidazole rings is 1. The SMILES string of the molecule is CCC(COC)n1c(CCl)nc2ccc(F)c(F)c21. The molecule has 2 rings (SSSR count). The minimum Gasteiger partial charge on any atom is -0.383 e. The summed E-state index contributed by atoms with van der Waals surface area (Å²) in [5, 5.41) is 0. The lowest BCUT2D eigenvalue weighted by molar-refractivity contribution is 0.153. The van der Waals surface area contributed by atoms with Crippen LogP contribution in [0.4, 0.5) is 8.78 Å². The first kappa shape index (κ1) is 14.2. The molecule has 1 heterocycles. The third-order valence-electron chi connectivity index (χ3n) is 3.13. The molecule has 1 unspecified atom stereocenters. The molecule has 104 valence electrons. The molecule has 0 radical (unpaired) electrons. The zero-order chi connectivity index (χ0) is 14.0. The van der Waals surface area contributed by atoms with E-state index in [0.717, 1.165) is 6.07 Å². The summed E-state index contributed by atoms with van der Waals surface area (Å²) in [6.45, 7) is 2.34. The molecule has 0 aliphatic carbocycles. The van der Waals surface area contributed by atoms with Crippen LogP contribution < -0.4 is 0 Å². The zero-order valence-electron chi connectivity index (χ0n) is 10.8. The molecule has 0 fully saturated rings. The summed E-state index contributed by atoms with van der Waals surface area (Å²) in [4.78, 5) is 4.25. The van der Waals surface area contributed by atoms with Gasteiger partial charge in [0.15, 0.2) is 11.6 Å². The van der Waals surface area contributed by atoms with Crippen molar-refractivity contribution in [2.45, 2.75) is 25.3 Å². The summed E-state index contributed by atoms with van der Waals surface area (Å²) in [6, 6.07) is 2.41. The summed E-state index contributed by atoms with van der Waals surface area (Å²) in [5.74, 6) is -1.13. The van der Waals surface area contributed by atoms with Crippen molar-refractivity contribution >= 4 is 22.6 Å². The molecular weight excluding hydrogens is 274 g/mol. The molecule has 1 aromatic heterocycles. The number of alkyl halides is 1. The van der Waals surface area contributed by atoms with Crippen molar-refractivity contribution in [3.63, 3.8) is 0 Å². The topological polar surface area (TPSA) is 27.1 Å². The van der Waals surface area contributed by atoms with Gasteiger partial charge in [-0.1, -0.05) is 6.92 Å². The first-order valence-corrected chi connectivity index (χ1v) is 6.57. The largest absolute Gasteiger partial charge is 0.383 e. The first-order valence-electron chi connectivity index (χ1n) is 6.03. The van der Waals surface area contributed by atoms with E-state index >= 15 is 0 Å². The van der Waals surface area contributed by atoms with Crippen molar-refractivity contribution in [2.75, 3.05) is 13.7 Å². The Balaban J connectivity index is 2.71. The Kier molecular flexibility index (Phi) is 4.37. The standard InChI is InChI=1S/C13H15ClF2N2O/c1-3-8(7-19-2)18-11(6-14)17-10-5-4-9(15)12(16)13(10)18/h4-5,8H,3,6-7H2,1-2H3. The molecule has 3 nitrogen and oxygen atoms in total. The molecule has 1 atom stereocenters. The van der Waals surface area contributed by atoms with Gasteiger partial charge in [0.05, 0.1) is 24.0 Å². The molecule has 0 saturated heterocycles. The number of fused-ring (bicyclic) bond motifs is 1. The maximum atomic E-state index is 14.0. The highest BCUT2D eigenvalue weighted by molar-refractivity contribution is 6.16. The Bertz CT molecular complexity index is 586. The molecular formula is C13H15ClF2N2O. The lowest BCUT2D eigenvalue weighted by Crippen LogP contribution is -2.16. The van der Waals surface area contributed by atoms with E-state index in [1.54, 1.807) is 11.7 Å². The summed E-state index contributed by atoms with van der Waals surface area (Å²) in [6.07, 6.45) is 0.707. The number of halogens is 3. The van der Waals surface area contributed by atoms with Gasteiger partial charge in [0.2, 0.25) is 0 Å². The van der Waals surface area contributed by atoms with Gasteiger partial charge in [0.1, 0.15) is 11.3 Å². The number of ether oxygens (including phenoxy) is 1. The van der Waals surface area contributed by atoms with Crippen LogP contribution in [0, 0.1) is 11.6 Å². The minimum absolute atomic E-state index is 0.125. The molecule has 0 spiro atoms. The van der Waals surface area contributed by atoms with E-state index in [1.165, 1.54) is 6.07 Å². The molecule has 0 aliphatic rings. The first-order chi connectivity index (χ1) is 9.13. The van der Waals surface area contributed by atoms with Crippen LogP contribution in [0.1, 0.15) is 25.2 Å². The third-order valence-corrected chi connectivity index (χ3v) is 3.37. The smallest absolute Gasteiger partial charge is 0.184 e. The molecule has 1 aromatic carbocycles. The fraction of sp³-hybridized carbons (Fsp3) is 0.462. The van der Waals surface area contributed by atoms with Gasteiger partial charge in [-0.15, -0.1) is 11.6 Å².